The number of imidazole rings is 1. The van der Waals surface area contributed by atoms with Crippen LogP contribution in [-0.4, -0.2) is 38.8 Å². The second-order valence-corrected chi connectivity index (χ2v) is 6.78. The maximum Gasteiger partial charge on any atom is 0.356 e. The zero-order valence-corrected chi connectivity index (χ0v) is 14.5. The van der Waals surface area contributed by atoms with E-state index < -0.39 is 11.9 Å². The van der Waals surface area contributed by atoms with Gasteiger partial charge < -0.3 is 14.9 Å². The monoisotopic (exact) mass is 370 g/mol. The number of rotatable bonds is 4. The molecule has 132 valence electrons. The molecular weight excluding hydrogens is 356 g/mol. The van der Waals surface area contributed by atoms with E-state index in [2.05, 4.69) is 4.98 Å². The van der Waals surface area contributed by atoms with Crippen LogP contribution in [0.3, 0.4) is 0 Å². The van der Waals surface area contributed by atoms with Crippen LogP contribution in [0.15, 0.2) is 29.6 Å². The average Bonchev–Trinajstić information content (AvgIpc) is 3.27. The number of carboxylic acids is 2. The van der Waals surface area contributed by atoms with E-state index in [0.717, 1.165) is 10.4 Å². The lowest BCUT2D eigenvalue weighted by Gasteiger charge is -2.22. The Labute approximate surface area is 152 Å². The van der Waals surface area contributed by atoms with E-state index >= 15 is 0 Å². The molecule has 0 radical (unpaired) electrons. The third kappa shape index (κ3) is 2.38. The summed E-state index contributed by atoms with van der Waals surface area (Å²) >= 11 is 1.45. The Hall–Kier alpha value is -3.13. The van der Waals surface area contributed by atoms with Crippen molar-refractivity contribution in [1.29, 1.82) is 0 Å². The highest BCUT2D eigenvalue weighted by Gasteiger charge is 2.30. The van der Waals surface area contributed by atoms with Crippen LogP contribution in [0, 0.1) is 0 Å². The van der Waals surface area contributed by atoms with Gasteiger partial charge in [-0.25, -0.2) is 14.6 Å². The van der Waals surface area contributed by atoms with E-state index in [1.807, 2.05) is 17.5 Å². The van der Waals surface area contributed by atoms with Gasteiger partial charge in [-0.3, -0.25) is 4.57 Å². The SMILES string of the molecule is COc1cc2c(cc1C(=O)O)-n1c(-c3cccs3)nc(C(=O)O)c1CC2. The summed E-state index contributed by atoms with van der Waals surface area (Å²) in [6, 6.07) is 6.97. The summed E-state index contributed by atoms with van der Waals surface area (Å²) in [5, 5.41) is 20.9. The Morgan fingerprint density at radius 1 is 1.23 bits per heavy atom. The van der Waals surface area contributed by atoms with Crippen molar-refractivity contribution < 1.29 is 24.5 Å². The summed E-state index contributed by atoms with van der Waals surface area (Å²) in [5.41, 5.74) is 2.14. The van der Waals surface area contributed by atoms with Gasteiger partial charge >= 0.3 is 11.9 Å². The molecule has 0 saturated heterocycles. The fourth-order valence-electron chi connectivity index (χ4n) is 3.29. The lowest BCUT2D eigenvalue weighted by Crippen LogP contribution is -2.16. The minimum absolute atomic E-state index is 0.00624. The molecule has 0 bridgehead atoms. The summed E-state index contributed by atoms with van der Waals surface area (Å²) in [6.45, 7) is 0. The Balaban J connectivity index is 2.04. The van der Waals surface area contributed by atoms with Gasteiger partial charge in [0.2, 0.25) is 0 Å². The van der Waals surface area contributed by atoms with Crippen molar-refractivity contribution >= 4 is 23.3 Å². The number of carboxylic acid groups (broad SMARTS) is 2. The topological polar surface area (TPSA) is 102 Å². The standard InChI is InChI=1S/C18H14N2O5S/c1-25-13-7-9-4-5-11-15(18(23)24)19-16(14-3-2-6-26-14)20(11)12(9)8-10(13)17(21)22/h2-3,6-8H,4-5H2,1H3,(H,21,22)(H,23,24). The molecule has 2 aromatic heterocycles. The Morgan fingerprint density at radius 3 is 2.65 bits per heavy atom. The molecular formula is C18H14N2O5S. The van der Waals surface area contributed by atoms with Crippen LogP contribution in [0.25, 0.3) is 16.4 Å². The fourth-order valence-corrected chi connectivity index (χ4v) is 4.00. The van der Waals surface area contributed by atoms with Crippen molar-refractivity contribution in [1.82, 2.24) is 9.55 Å². The number of aromatic carboxylic acids is 2. The molecule has 3 aromatic rings. The zero-order valence-electron chi connectivity index (χ0n) is 13.7. The summed E-state index contributed by atoms with van der Waals surface area (Å²) in [5.74, 6) is -1.40. The largest absolute Gasteiger partial charge is 0.496 e. The van der Waals surface area contributed by atoms with E-state index in [9.17, 15) is 19.8 Å². The normalized spacial score (nSPS) is 12.3. The minimum atomic E-state index is -1.10. The molecule has 1 aliphatic rings. The highest BCUT2D eigenvalue weighted by molar-refractivity contribution is 7.13. The molecule has 3 heterocycles. The second-order valence-electron chi connectivity index (χ2n) is 5.83. The lowest BCUT2D eigenvalue weighted by atomic mass is 9.97. The molecule has 7 nitrogen and oxygen atoms in total. The van der Waals surface area contributed by atoms with E-state index in [1.165, 1.54) is 24.5 Å². The molecule has 2 N–H and O–H groups in total. The van der Waals surface area contributed by atoms with Gasteiger partial charge in [-0.1, -0.05) is 6.07 Å². The number of thiophene rings is 1. The molecule has 4 rings (SSSR count). The molecule has 0 spiro atoms. The predicted molar refractivity (Wildman–Crippen MR) is 94.8 cm³/mol. The van der Waals surface area contributed by atoms with Gasteiger partial charge in [-0.15, -0.1) is 11.3 Å². The molecule has 0 saturated carbocycles. The number of benzene rings is 1. The smallest absolute Gasteiger partial charge is 0.356 e. The van der Waals surface area contributed by atoms with E-state index in [4.69, 9.17) is 4.74 Å². The maximum atomic E-state index is 11.7. The number of hydrogen-bond acceptors (Lipinski definition) is 5. The van der Waals surface area contributed by atoms with Gasteiger partial charge in [0.05, 0.1) is 23.4 Å². The first-order valence-electron chi connectivity index (χ1n) is 7.84. The third-order valence-corrected chi connectivity index (χ3v) is 5.29. The quantitative estimate of drug-likeness (QED) is 0.732. The molecule has 26 heavy (non-hydrogen) atoms. The number of nitrogens with zero attached hydrogens (tertiary/aromatic N) is 2. The van der Waals surface area contributed by atoms with Gasteiger partial charge in [-0.05, 0) is 42.0 Å². The molecule has 0 fully saturated rings. The number of aryl methyl sites for hydroxylation is 1. The molecule has 0 atom stereocenters. The molecule has 0 unspecified atom stereocenters. The number of hydrogen-bond donors (Lipinski definition) is 2. The van der Waals surface area contributed by atoms with Crippen LogP contribution in [0.4, 0.5) is 0 Å². The second kappa shape index (κ2) is 5.99. The third-order valence-electron chi connectivity index (χ3n) is 4.42. The lowest BCUT2D eigenvalue weighted by molar-refractivity contribution is 0.0680. The summed E-state index contributed by atoms with van der Waals surface area (Å²) in [4.78, 5) is 28.4. The minimum Gasteiger partial charge on any atom is -0.496 e. The Bertz CT molecular complexity index is 1040. The van der Waals surface area contributed by atoms with E-state index in [0.29, 0.717) is 30.0 Å². The Morgan fingerprint density at radius 2 is 2.04 bits per heavy atom. The number of methoxy groups -OCH3 is 1. The van der Waals surface area contributed by atoms with Crippen molar-refractivity contribution in [3.63, 3.8) is 0 Å². The van der Waals surface area contributed by atoms with E-state index in [-0.39, 0.29) is 17.0 Å². The van der Waals surface area contributed by atoms with Crippen LogP contribution in [-0.2, 0) is 12.8 Å². The average molecular weight is 370 g/mol. The van der Waals surface area contributed by atoms with Gasteiger partial charge in [0.15, 0.2) is 11.5 Å². The van der Waals surface area contributed by atoms with Crippen molar-refractivity contribution in [2.45, 2.75) is 12.8 Å². The maximum absolute atomic E-state index is 11.7. The number of fused-ring (bicyclic) bond motifs is 3. The van der Waals surface area contributed by atoms with Crippen LogP contribution >= 0.6 is 11.3 Å². The Kier molecular flexibility index (Phi) is 3.77. The van der Waals surface area contributed by atoms with Crippen LogP contribution < -0.4 is 4.74 Å². The molecule has 8 heteroatoms. The first-order chi connectivity index (χ1) is 12.5. The predicted octanol–water partition coefficient (Wildman–Crippen LogP) is 3.10. The van der Waals surface area contributed by atoms with Crippen LogP contribution in [0.5, 0.6) is 5.75 Å². The van der Waals surface area contributed by atoms with E-state index in [1.54, 1.807) is 10.6 Å². The first-order valence-corrected chi connectivity index (χ1v) is 8.72. The first kappa shape index (κ1) is 16.3. The summed E-state index contributed by atoms with van der Waals surface area (Å²) in [6.07, 6.45) is 1.09. The van der Waals surface area contributed by atoms with Gasteiger partial charge in [-0.2, -0.15) is 0 Å². The van der Waals surface area contributed by atoms with Crippen molar-refractivity contribution in [3.05, 3.63) is 52.2 Å². The van der Waals surface area contributed by atoms with Gasteiger partial charge in [0.25, 0.3) is 0 Å². The zero-order chi connectivity index (χ0) is 18.4. The molecule has 0 aliphatic carbocycles. The number of ether oxygens (including phenoxy) is 1. The van der Waals surface area contributed by atoms with Gasteiger partial charge in [0.1, 0.15) is 11.3 Å². The number of carbonyl (C=O) groups is 2. The fraction of sp³-hybridized carbons (Fsp3) is 0.167. The van der Waals surface area contributed by atoms with Gasteiger partial charge in [0, 0.05) is 0 Å². The summed E-state index contributed by atoms with van der Waals surface area (Å²) in [7, 11) is 1.43. The number of aromatic nitrogens is 2. The molecule has 1 aromatic carbocycles. The van der Waals surface area contributed by atoms with Crippen molar-refractivity contribution in [2.75, 3.05) is 7.11 Å². The summed E-state index contributed by atoms with van der Waals surface area (Å²) < 4.78 is 6.97. The van der Waals surface area contributed by atoms with Crippen LogP contribution in [0.2, 0.25) is 0 Å². The highest BCUT2D eigenvalue weighted by Crippen LogP contribution is 2.37. The van der Waals surface area contributed by atoms with Crippen LogP contribution in [0.1, 0.15) is 32.1 Å². The van der Waals surface area contributed by atoms with Crippen molar-refractivity contribution in [3.8, 4) is 22.1 Å². The molecule has 1 aliphatic heterocycles. The van der Waals surface area contributed by atoms with Crippen molar-refractivity contribution in [2.24, 2.45) is 0 Å². The highest BCUT2D eigenvalue weighted by atomic mass is 32.1. The molecule has 0 amide bonds.